The first-order chi connectivity index (χ1) is 11.0. The van der Waals surface area contributed by atoms with Gasteiger partial charge in [-0.3, -0.25) is 9.69 Å². The van der Waals surface area contributed by atoms with Crippen molar-refractivity contribution < 1.29 is 13.2 Å². The number of piperazine rings is 1. The van der Waals surface area contributed by atoms with E-state index in [0.717, 1.165) is 0 Å². The number of amides is 1. The van der Waals surface area contributed by atoms with Crippen LogP contribution in [0.5, 0.6) is 0 Å². The Morgan fingerprint density at radius 3 is 2.61 bits per heavy atom. The lowest BCUT2D eigenvalue weighted by molar-refractivity contribution is -0.122. The number of rotatable bonds is 5. The standard InChI is InChI=1S/C15H20N4O3S/c1-2-17-15(20)12-18-6-8-19(9-7-18)23(21,22)14-5-3-4-13(10-14)11-16/h3-5,10H,2,6-9,12H2,1H3,(H,17,20). The van der Waals surface area contributed by atoms with Crippen LogP contribution in [0.4, 0.5) is 0 Å². The molecule has 1 aromatic rings. The number of sulfonamides is 1. The fraction of sp³-hybridized carbons (Fsp3) is 0.467. The molecule has 0 aliphatic carbocycles. The average Bonchev–Trinajstić information content (AvgIpc) is 2.55. The maximum atomic E-state index is 12.6. The van der Waals surface area contributed by atoms with Crippen LogP contribution in [-0.2, 0) is 14.8 Å². The van der Waals surface area contributed by atoms with E-state index in [1.807, 2.05) is 17.9 Å². The van der Waals surface area contributed by atoms with Crippen LogP contribution in [0.2, 0.25) is 0 Å². The molecule has 1 heterocycles. The van der Waals surface area contributed by atoms with Gasteiger partial charge in [-0.05, 0) is 25.1 Å². The van der Waals surface area contributed by atoms with E-state index in [0.29, 0.717) is 38.3 Å². The zero-order valence-corrected chi connectivity index (χ0v) is 13.8. The van der Waals surface area contributed by atoms with Gasteiger partial charge in [0.2, 0.25) is 15.9 Å². The highest BCUT2D eigenvalue weighted by Crippen LogP contribution is 2.18. The lowest BCUT2D eigenvalue weighted by atomic mass is 10.2. The summed E-state index contributed by atoms with van der Waals surface area (Å²) in [6, 6.07) is 7.97. The summed E-state index contributed by atoms with van der Waals surface area (Å²) in [5.74, 6) is -0.0504. The van der Waals surface area contributed by atoms with Crippen molar-refractivity contribution >= 4 is 15.9 Å². The molecule has 1 N–H and O–H groups in total. The van der Waals surface area contributed by atoms with Gasteiger partial charge in [0.1, 0.15) is 0 Å². The van der Waals surface area contributed by atoms with Crippen molar-refractivity contribution in [2.75, 3.05) is 39.3 Å². The Balaban J connectivity index is 2.01. The van der Waals surface area contributed by atoms with Crippen molar-refractivity contribution in [3.8, 4) is 6.07 Å². The molecule has 1 aliphatic heterocycles. The van der Waals surface area contributed by atoms with Gasteiger partial charge in [-0.15, -0.1) is 0 Å². The number of hydrogen-bond donors (Lipinski definition) is 1. The number of carbonyl (C=O) groups excluding carboxylic acids is 1. The molecule has 1 aromatic carbocycles. The Morgan fingerprint density at radius 1 is 1.30 bits per heavy atom. The van der Waals surface area contributed by atoms with E-state index in [4.69, 9.17) is 5.26 Å². The summed E-state index contributed by atoms with van der Waals surface area (Å²) >= 11 is 0. The molecule has 7 nitrogen and oxygen atoms in total. The van der Waals surface area contributed by atoms with Gasteiger partial charge in [0.05, 0.1) is 23.1 Å². The second-order valence-corrected chi connectivity index (χ2v) is 7.21. The third-order valence-corrected chi connectivity index (χ3v) is 5.57. The fourth-order valence-corrected chi connectivity index (χ4v) is 3.93. The quantitative estimate of drug-likeness (QED) is 0.817. The summed E-state index contributed by atoms with van der Waals surface area (Å²) in [5.41, 5.74) is 0.320. The van der Waals surface area contributed by atoms with Crippen LogP contribution in [0, 0.1) is 11.3 Å². The normalized spacial score (nSPS) is 16.7. The van der Waals surface area contributed by atoms with Gasteiger partial charge in [-0.25, -0.2) is 8.42 Å². The lowest BCUT2D eigenvalue weighted by Crippen LogP contribution is -2.51. The molecule has 1 aliphatic rings. The number of nitriles is 1. The molecule has 2 rings (SSSR count). The molecule has 1 saturated heterocycles. The van der Waals surface area contributed by atoms with Crippen molar-refractivity contribution in [2.24, 2.45) is 0 Å². The minimum absolute atomic E-state index is 0.0504. The summed E-state index contributed by atoms with van der Waals surface area (Å²) in [6.07, 6.45) is 0. The van der Waals surface area contributed by atoms with E-state index in [1.165, 1.54) is 16.4 Å². The number of carbonyl (C=O) groups is 1. The number of nitrogens with zero attached hydrogens (tertiary/aromatic N) is 3. The first-order valence-corrected chi connectivity index (χ1v) is 8.90. The Hall–Kier alpha value is -1.95. The zero-order chi connectivity index (χ0) is 16.9. The molecule has 124 valence electrons. The third-order valence-electron chi connectivity index (χ3n) is 3.67. The summed E-state index contributed by atoms with van der Waals surface area (Å²) in [6.45, 7) is 4.41. The van der Waals surface area contributed by atoms with E-state index in [-0.39, 0.29) is 17.3 Å². The Bertz CT molecular complexity index is 704. The highest BCUT2D eigenvalue weighted by atomic mass is 32.2. The highest BCUT2D eigenvalue weighted by molar-refractivity contribution is 7.89. The smallest absolute Gasteiger partial charge is 0.243 e. The van der Waals surface area contributed by atoms with Crippen LogP contribution in [-0.4, -0.2) is 62.8 Å². The summed E-state index contributed by atoms with van der Waals surface area (Å²) < 4.78 is 26.6. The first-order valence-electron chi connectivity index (χ1n) is 7.46. The zero-order valence-electron chi connectivity index (χ0n) is 13.0. The second-order valence-electron chi connectivity index (χ2n) is 5.27. The van der Waals surface area contributed by atoms with Crippen LogP contribution in [0.15, 0.2) is 29.2 Å². The van der Waals surface area contributed by atoms with Crippen molar-refractivity contribution in [3.63, 3.8) is 0 Å². The molecule has 0 unspecified atom stereocenters. The average molecular weight is 336 g/mol. The van der Waals surface area contributed by atoms with Gasteiger partial charge in [-0.1, -0.05) is 6.07 Å². The van der Waals surface area contributed by atoms with E-state index >= 15 is 0 Å². The molecule has 23 heavy (non-hydrogen) atoms. The van der Waals surface area contributed by atoms with Crippen molar-refractivity contribution in [2.45, 2.75) is 11.8 Å². The lowest BCUT2D eigenvalue weighted by Gasteiger charge is -2.33. The molecule has 1 amide bonds. The van der Waals surface area contributed by atoms with Crippen LogP contribution in [0.1, 0.15) is 12.5 Å². The molecule has 0 aromatic heterocycles. The predicted octanol–water partition coefficient (Wildman–Crippen LogP) is 0.000680. The maximum absolute atomic E-state index is 12.6. The molecule has 0 spiro atoms. The second kappa shape index (κ2) is 7.55. The minimum Gasteiger partial charge on any atom is -0.355 e. The third kappa shape index (κ3) is 4.28. The van der Waals surface area contributed by atoms with Gasteiger partial charge in [-0.2, -0.15) is 9.57 Å². The van der Waals surface area contributed by atoms with Gasteiger partial charge in [0, 0.05) is 32.7 Å². The topological polar surface area (TPSA) is 93.5 Å². The molecular weight excluding hydrogens is 316 g/mol. The summed E-state index contributed by atoms with van der Waals surface area (Å²) in [4.78, 5) is 13.6. The molecule has 8 heteroatoms. The first kappa shape index (κ1) is 17.4. The Kier molecular flexibility index (Phi) is 5.71. The molecule has 0 saturated carbocycles. The minimum atomic E-state index is -3.60. The molecular formula is C15H20N4O3S. The maximum Gasteiger partial charge on any atom is 0.243 e. The molecule has 0 bridgehead atoms. The van der Waals surface area contributed by atoms with Crippen LogP contribution < -0.4 is 5.32 Å². The van der Waals surface area contributed by atoms with Gasteiger partial charge in [0.25, 0.3) is 0 Å². The van der Waals surface area contributed by atoms with Crippen LogP contribution in [0.3, 0.4) is 0 Å². The SMILES string of the molecule is CCNC(=O)CN1CCN(S(=O)(=O)c2cccc(C#N)c2)CC1. The van der Waals surface area contributed by atoms with Gasteiger partial charge in [0.15, 0.2) is 0 Å². The van der Waals surface area contributed by atoms with E-state index in [9.17, 15) is 13.2 Å². The highest BCUT2D eigenvalue weighted by Gasteiger charge is 2.29. The monoisotopic (exact) mass is 336 g/mol. The van der Waals surface area contributed by atoms with Crippen molar-refractivity contribution in [1.29, 1.82) is 5.26 Å². The number of nitrogens with one attached hydrogen (secondary N) is 1. The van der Waals surface area contributed by atoms with Crippen LogP contribution in [0.25, 0.3) is 0 Å². The number of hydrogen-bond acceptors (Lipinski definition) is 5. The van der Waals surface area contributed by atoms with Gasteiger partial charge >= 0.3 is 0 Å². The van der Waals surface area contributed by atoms with E-state index < -0.39 is 10.0 Å². The van der Waals surface area contributed by atoms with Crippen molar-refractivity contribution in [3.05, 3.63) is 29.8 Å². The predicted molar refractivity (Wildman–Crippen MR) is 85.0 cm³/mol. The number of benzene rings is 1. The fourth-order valence-electron chi connectivity index (χ4n) is 2.46. The van der Waals surface area contributed by atoms with Gasteiger partial charge < -0.3 is 5.32 Å². The molecule has 0 radical (unpaired) electrons. The Morgan fingerprint density at radius 2 is 2.00 bits per heavy atom. The summed E-state index contributed by atoms with van der Waals surface area (Å²) in [5, 5.41) is 11.6. The van der Waals surface area contributed by atoms with Crippen molar-refractivity contribution in [1.82, 2.24) is 14.5 Å². The van der Waals surface area contributed by atoms with E-state index in [2.05, 4.69) is 5.32 Å². The Labute approximate surface area is 136 Å². The molecule has 0 atom stereocenters. The number of likely N-dealkylation sites (N-methyl/N-ethyl adjacent to an activating group) is 1. The largest absolute Gasteiger partial charge is 0.355 e. The van der Waals surface area contributed by atoms with E-state index in [1.54, 1.807) is 12.1 Å². The summed E-state index contributed by atoms with van der Waals surface area (Å²) in [7, 11) is -3.60. The van der Waals surface area contributed by atoms with Crippen LogP contribution >= 0.6 is 0 Å². The molecule has 1 fully saturated rings.